The molecule has 2 aromatic carbocycles. The van der Waals surface area contributed by atoms with Crippen LogP contribution in [0.3, 0.4) is 0 Å². The molecular weight excluding hydrogens is 718 g/mol. The maximum atomic E-state index is 17.4. The van der Waals surface area contributed by atoms with E-state index in [1.54, 1.807) is 18.2 Å². The number of rotatable bonds is 8. The van der Waals surface area contributed by atoms with Gasteiger partial charge < -0.3 is 19.7 Å². The molecule has 1 N–H and O–H groups in total. The van der Waals surface area contributed by atoms with E-state index in [0.717, 1.165) is 64.5 Å². The van der Waals surface area contributed by atoms with Crippen molar-refractivity contribution in [3.05, 3.63) is 71.3 Å². The Morgan fingerprint density at radius 1 is 1.00 bits per heavy atom. The molecule has 8 heterocycles. The minimum absolute atomic E-state index is 0.0744. The van der Waals surface area contributed by atoms with Gasteiger partial charge in [-0.2, -0.15) is 15.0 Å². The van der Waals surface area contributed by atoms with Crippen LogP contribution >= 0.6 is 0 Å². The Morgan fingerprint density at radius 3 is 2.79 bits per heavy atom. The topological polar surface area (TPSA) is 101 Å². The highest BCUT2D eigenvalue weighted by atomic mass is 19.1. The number of nitrogens with zero attached hydrogens (tertiary/aromatic N) is 7. The van der Waals surface area contributed by atoms with E-state index in [1.807, 2.05) is 12.1 Å². The van der Waals surface area contributed by atoms with E-state index >= 15 is 8.78 Å². The van der Waals surface area contributed by atoms with Crippen molar-refractivity contribution in [3.63, 3.8) is 0 Å². The molecule has 2 bridgehead atoms. The molecule has 0 aliphatic carbocycles. The maximum absolute atomic E-state index is 17.4. The molecule has 288 valence electrons. The number of ether oxygens (including phenoxy) is 2. The van der Waals surface area contributed by atoms with Gasteiger partial charge in [0.2, 0.25) is 5.88 Å². The van der Waals surface area contributed by atoms with Crippen molar-refractivity contribution in [2.45, 2.75) is 101 Å². The van der Waals surface area contributed by atoms with Crippen LogP contribution in [0, 0.1) is 24.0 Å². The normalized spacial score (nSPS) is 26.1. The first-order chi connectivity index (χ1) is 27.3. The van der Waals surface area contributed by atoms with Crippen LogP contribution in [0.1, 0.15) is 81.5 Å². The zero-order valence-electron chi connectivity index (χ0n) is 31.3. The van der Waals surface area contributed by atoms with Crippen LogP contribution in [0.4, 0.5) is 19.0 Å². The fourth-order valence-corrected chi connectivity index (χ4v) is 10.3. The molecule has 4 fully saturated rings. The number of fused-ring (bicyclic) bond motifs is 7. The molecule has 5 aliphatic rings. The summed E-state index contributed by atoms with van der Waals surface area (Å²) in [6.45, 7) is 3.79. The van der Waals surface area contributed by atoms with Gasteiger partial charge in [-0.25, -0.2) is 23.1 Å². The predicted molar refractivity (Wildman–Crippen MR) is 206 cm³/mol. The molecule has 56 heavy (non-hydrogen) atoms. The van der Waals surface area contributed by atoms with Crippen LogP contribution in [0.15, 0.2) is 42.6 Å². The minimum Gasteiger partial charge on any atom is -0.476 e. The molecular formula is C43H43F3N8O2. The number of aromatic nitrogens is 5. The largest absolute Gasteiger partial charge is 0.476 e. The molecule has 4 saturated heterocycles. The molecule has 13 heteroatoms. The van der Waals surface area contributed by atoms with Gasteiger partial charge in [0.15, 0.2) is 17.8 Å². The highest BCUT2D eigenvalue weighted by Crippen LogP contribution is 2.45. The molecule has 0 saturated carbocycles. The van der Waals surface area contributed by atoms with E-state index in [-0.39, 0.29) is 46.2 Å². The second kappa shape index (κ2) is 13.8. The highest BCUT2D eigenvalue weighted by Gasteiger charge is 2.50. The van der Waals surface area contributed by atoms with Crippen molar-refractivity contribution in [2.75, 3.05) is 31.2 Å². The first-order valence-electron chi connectivity index (χ1n) is 19.9. The summed E-state index contributed by atoms with van der Waals surface area (Å²) in [5.74, 6) is 2.47. The molecule has 5 aliphatic heterocycles. The third-order valence-corrected chi connectivity index (χ3v) is 12.9. The number of piperazine rings is 1. The Labute approximate surface area is 323 Å². The van der Waals surface area contributed by atoms with E-state index in [4.69, 9.17) is 30.8 Å². The first-order valence-corrected chi connectivity index (χ1v) is 19.9. The van der Waals surface area contributed by atoms with Crippen LogP contribution in [0.2, 0.25) is 0 Å². The zero-order valence-corrected chi connectivity index (χ0v) is 31.3. The number of benzene rings is 2. The molecule has 10 nitrogen and oxygen atoms in total. The van der Waals surface area contributed by atoms with Crippen molar-refractivity contribution in [3.8, 4) is 35.5 Å². The Morgan fingerprint density at radius 2 is 1.91 bits per heavy atom. The monoisotopic (exact) mass is 760 g/mol. The lowest BCUT2D eigenvalue weighted by molar-refractivity contribution is 0.0677. The summed E-state index contributed by atoms with van der Waals surface area (Å²) < 4.78 is 59.1. The number of halogens is 3. The number of hydrogen-bond acceptors (Lipinski definition) is 10. The number of hydrogen-bond donors (Lipinski definition) is 1. The SMILES string of the molecule is C#Cc1c(F)ccc2cccc(-c3nc4c5c(nc(OC[C@@]67CCCN6[C@H](COc6ccnc(C(C)F)n6)CC7)nc5c3F)N3C[C@H]5CC[C@H](N5)[C@H]3CCC4)c12. The number of aryl methyl sites for hydroxylation is 1. The Balaban J connectivity index is 1.03. The summed E-state index contributed by atoms with van der Waals surface area (Å²) in [5.41, 5.74) is 1.19. The van der Waals surface area contributed by atoms with E-state index in [1.165, 1.54) is 19.2 Å². The van der Waals surface area contributed by atoms with Gasteiger partial charge in [-0.3, -0.25) is 4.90 Å². The van der Waals surface area contributed by atoms with Crippen molar-refractivity contribution in [1.29, 1.82) is 0 Å². The van der Waals surface area contributed by atoms with Crippen LogP contribution in [-0.2, 0) is 6.42 Å². The smallest absolute Gasteiger partial charge is 0.319 e. The van der Waals surface area contributed by atoms with Crippen molar-refractivity contribution >= 4 is 27.5 Å². The lowest BCUT2D eigenvalue weighted by Crippen LogP contribution is -2.58. The van der Waals surface area contributed by atoms with Gasteiger partial charge in [-0.15, -0.1) is 6.42 Å². The van der Waals surface area contributed by atoms with E-state index in [9.17, 15) is 4.39 Å². The average molecular weight is 761 g/mol. The summed E-state index contributed by atoms with van der Waals surface area (Å²) in [7, 11) is 0. The second-order valence-electron chi connectivity index (χ2n) is 16.1. The summed E-state index contributed by atoms with van der Waals surface area (Å²) >= 11 is 0. The number of nitrogens with one attached hydrogen (secondary N) is 1. The third kappa shape index (κ3) is 5.83. The maximum Gasteiger partial charge on any atom is 0.319 e. The Bertz CT molecular complexity index is 2410. The summed E-state index contributed by atoms with van der Waals surface area (Å²) in [6, 6.07) is 11.1. The van der Waals surface area contributed by atoms with E-state index < -0.39 is 17.8 Å². The van der Waals surface area contributed by atoms with Gasteiger partial charge in [-0.1, -0.05) is 30.2 Å². The molecule has 10 rings (SSSR count). The lowest BCUT2D eigenvalue weighted by Gasteiger charge is -2.43. The van der Waals surface area contributed by atoms with E-state index in [2.05, 4.69) is 31.0 Å². The van der Waals surface area contributed by atoms with Crippen molar-refractivity contribution in [1.82, 2.24) is 35.1 Å². The van der Waals surface area contributed by atoms with Gasteiger partial charge >= 0.3 is 6.01 Å². The Hall–Kier alpha value is -5.06. The number of pyridine rings is 1. The summed E-state index contributed by atoms with van der Waals surface area (Å²) in [6.07, 6.45) is 14.4. The fourth-order valence-electron chi connectivity index (χ4n) is 10.3. The number of alkyl halides is 1. The number of terminal acetylenes is 1. The summed E-state index contributed by atoms with van der Waals surface area (Å²) in [4.78, 5) is 28.1. The third-order valence-electron chi connectivity index (χ3n) is 12.9. The molecule has 1 unspecified atom stereocenters. The van der Waals surface area contributed by atoms with Crippen LogP contribution < -0.4 is 19.7 Å². The quantitative estimate of drug-likeness (QED) is 0.166. The van der Waals surface area contributed by atoms with Gasteiger partial charge in [0.1, 0.15) is 36.1 Å². The second-order valence-corrected chi connectivity index (χ2v) is 16.1. The zero-order chi connectivity index (χ0) is 38.1. The van der Waals surface area contributed by atoms with Gasteiger partial charge in [-0.05, 0) is 82.7 Å². The summed E-state index contributed by atoms with van der Waals surface area (Å²) in [5, 5.41) is 5.57. The average Bonchev–Trinajstić information content (AvgIpc) is 3.91. The lowest BCUT2D eigenvalue weighted by atomic mass is 9.93. The molecule has 5 aromatic rings. The highest BCUT2D eigenvalue weighted by molar-refractivity contribution is 6.02. The molecule has 0 radical (unpaired) electrons. The molecule has 6 atom stereocenters. The molecule has 0 amide bonds. The van der Waals surface area contributed by atoms with E-state index in [0.29, 0.717) is 70.8 Å². The van der Waals surface area contributed by atoms with Gasteiger partial charge in [0.25, 0.3) is 0 Å². The minimum atomic E-state index is -1.28. The molecule has 0 spiro atoms. The van der Waals surface area contributed by atoms with Crippen molar-refractivity contribution < 1.29 is 22.6 Å². The standard InChI is InChI=1S/C43H43F3N8O2/c1-3-28-30(45)13-11-25-7-4-8-29(35(25)28)38-37(46)39-36-32(49-38)9-5-10-33-31-14-12-26(48-31)21-53(33)41(36)52-42(51-39)56-23-43-17-6-20-54(43)27(15-18-43)22-55-34-16-19-47-40(50-34)24(2)44/h1,4,7-8,11,13,16,19,24,26-27,31,33,48H,5-6,9-10,12,14-15,17-18,20-23H2,2H3/t24?,26-,27+,31+,33-,43+/m1/s1. The fraction of sp³-hybridized carbons (Fsp3) is 0.465. The van der Waals surface area contributed by atoms with Gasteiger partial charge in [0.05, 0.1) is 22.2 Å². The predicted octanol–water partition coefficient (Wildman–Crippen LogP) is 7.03. The van der Waals surface area contributed by atoms with Crippen LogP contribution in [0.5, 0.6) is 11.9 Å². The molecule has 3 aromatic heterocycles. The van der Waals surface area contributed by atoms with Crippen LogP contribution in [0.25, 0.3) is 32.9 Å². The first kappa shape index (κ1) is 35.4. The van der Waals surface area contributed by atoms with Gasteiger partial charge in [0, 0.05) is 53.9 Å². The van der Waals surface area contributed by atoms with Crippen molar-refractivity contribution in [2.24, 2.45) is 0 Å². The Kier molecular flexibility index (Phi) is 8.74. The van der Waals surface area contributed by atoms with Crippen LogP contribution in [-0.4, -0.2) is 85.8 Å². The number of anilines is 1.